The van der Waals surface area contributed by atoms with Gasteiger partial charge in [-0.3, -0.25) is 43.7 Å². The molecule has 1 aromatic carbocycles. The molecule has 2 saturated carbocycles. The fraction of sp³-hybridized carbons (Fsp3) is 0.424. The minimum Gasteiger partial charge on any atom is -0.385 e. The van der Waals surface area contributed by atoms with E-state index in [1.807, 2.05) is 23.1 Å². The summed E-state index contributed by atoms with van der Waals surface area (Å²) < 4.78 is 4.17. The Hall–Kier alpha value is -4.87. The maximum atomic E-state index is 13.2. The largest absolute Gasteiger partial charge is 0.385 e. The molecule has 0 bridgehead atoms. The molecule has 0 spiro atoms. The van der Waals surface area contributed by atoms with Gasteiger partial charge in [-0.2, -0.15) is 10.2 Å². The van der Waals surface area contributed by atoms with E-state index < -0.39 is 29.7 Å². The second kappa shape index (κ2) is 10.4. The summed E-state index contributed by atoms with van der Waals surface area (Å²) >= 11 is 0. The topological polar surface area (TPSA) is 144 Å². The Morgan fingerprint density at radius 3 is 2.56 bits per heavy atom. The van der Waals surface area contributed by atoms with Crippen LogP contribution in [0.15, 0.2) is 42.9 Å². The molecule has 4 amide bonds. The van der Waals surface area contributed by atoms with Crippen LogP contribution in [0.3, 0.4) is 0 Å². The Balaban J connectivity index is 0.939. The van der Waals surface area contributed by atoms with Crippen LogP contribution >= 0.6 is 0 Å². The molecule has 0 radical (unpaired) electrons. The number of amides is 4. The molecule has 1 atom stereocenters. The van der Waals surface area contributed by atoms with E-state index in [1.54, 1.807) is 18.2 Å². The van der Waals surface area contributed by atoms with E-state index in [4.69, 9.17) is 10.1 Å². The number of pyridine rings is 1. The van der Waals surface area contributed by atoms with Crippen LogP contribution in [0.2, 0.25) is 0 Å². The van der Waals surface area contributed by atoms with Gasteiger partial charge in [0.05, 0.1) is 40.3 Å². The zero-order valence-electron chi connectivity index (χ0n) is 25.2. The fourth-order valence-corrected chi connectivity index (χ4v) is 6.96. The maximum Gasteiger partial charge on any atom is 0.262 e. The van der Waals surface area contributed by atoms with E-state index in [0.717, 1.165) is 70.7 Å². The number of nitrogens with one attached hydrogen (secondary N) is 2. The van der Waals surface area contributed by atoms with Crippen molar-refractivity contribution in [2.45, 2.75) is 76.4 Å². The van der Waals surface area contributed by atoms with Gasteiger partial charge < -0.3 is 5.32 Å². The first-order chi connectivity index (χ1) is 21.8. The predicted molar refractivity (Wildman–Crippen MR) is 164 cm³/mol. The number of anilines is 1. The van der Waals surface area contributed by atoms with Crippen LogP contribution in [0, 0.1) is 5.92 Å². The summed E-state index contributed by atoms with van der Waals surface area (Å²) in [5.74, 6) is -1.08. The van der Waals surface area contributed by atoms with Crippen molar-refractivity contribution in [3.63, 3.8) is 0 Å². The first-order valence-electron chi connectivity index (χ1n) is 15.8. The number of nitrogens with zero attached hydrogens (tertiary/aromatic N) is 6. The number of fused-ring (bicyclic) bond motifs is 2. The Kier molecular flexibility index (Phi) is 6.36. The molecule has 12 nitrogen and oxygen atoms in total. The second-order valence-corrected chi connectivity index (χ2v) is 13.0. The molecule has 5 heterocycles. The number of hydrogen-bond acceptors (Lipinski definition) is 8. The third kappa shape index (κ3) is 4.61. The second-order valence-electron chi connectivity index (χ2n) is 13.0. The Bertz CT molecular complexity index is 1900. The number of piperidine rings is 1. The SMILES string of the molecule is CC(C)n1ncc2c(-c3cn(C4CC(CNc5ccc6c(c5)C(=O)N(C5CCC(=O)NC5=O)C6=O)C4)nc3C3CC3)nccc21. The Morgan fingerprint density at radius 2 is 1.80 bits per heavy atom. The highest BCUT2D eigenvalue weighted by Crippen LogP contribution is 2.46. The summed E-state index contributed by atoms with van der Waals surface area (Å²) in [5, 5.41) is 16.4. The molecule has 2 aliphatic carbocycles. The van der Waals surface area contributed by atoms with Gasteiger partial charge in [-0.15, -0.1) is 0 Å². The van der Waals surface area contributed by atoms with Crippen molar-refractivity contribution in [3.05, 3.63) is 59.7 Å². The zero-order chi connectivity index (χ0) is 31.0. The lowest BCUT2D eigenvalue weighted by molar-refractivity contribution is -0.136. The van der Waals surface area contributed by atoms with Crippen LogP contribution in [0.1, 0.15) is 96.8 Å². The van der Waals surface area contributed by atoms with Gasteiger partial charge in [0.2, 0.25) is 11.8 Å². The van der Waals surface area contributed by atoms with Gasteiger partial charge in [-0.05, 0) is 76.1 Å². The monoisotopic (exact) mass is 606 g/mol. The third-order valence-electron chi connectivity index (χ3n) is 9.61. The summed E-state index contributed by atoms with van der Waals surface area (Å²) in [6.45, 7) is 4.99. The molecule has 4 aliphatic rings. The van der Waals surface area contributed by atoms with Crippen molar-refractivity contribution in [2.24, 2.45) is 5.92 Å². The van der Waals surface area contributed by atoms with Crippen LogP contribution in [-0.4, -0.2) is 65.7 Å². The van der Waals surface area contributed by atoms with E-state index in [-0.39, 0.29) is 30.0 Å². The molecular formula is C33H34N8O4. The molecule has 230 valence electrons. The van der Waals surface area contributed by atoms with Crippen LogP contribution in [-0.2, 0) is 9.59 Å². The Labute approximate surface area is 259 Å². The van der Waals surface area contributed by atoms with Gasteiger partial charge in [-0.25, -0.2) is 0 Å². The van der Waals surface area contributed by atoms with Gasteiger partial charge in [-0.1, -0.05) is 0 Å². The number of benzene rings is 1. The van der Waals surface area contributed by atoms with Crippen molar-refractivity contribution in [3.8, 4) is 11.3 Å². The minimum atomic E-state index is -0.969. The summed E-state index contributed by atoms with van der Waals surface area (Å²) in [6, 6.07) is 6.75. The third-order valence-corrected chi connectivity index (χ3v) is 9.61. The average molecular weight is 607 g/mol. The van der Waals surface area contributed by atoms with Crippen molar-refractivity contribution in [2.75, 3.05) is 11.9 Å². The van der Waals surface area contributed by atoms with Gasteiger partial charge in [0, 0.05) is 54.0 Å². The molecule has 12 heteroatoms. The highest BCUT2D eigenvalue weighted by Gasteiger charge is 2.44. The molecule has 2 aliphatic heterocycles. The summed E-state index contributed by atoms with van der Waals surface area (Å²) in [5.41, 5.74) is 5.59. The first-order valence-corrected chi connectivity index (χ1v) is 15.8. The molecule has 45 heavy (non-hydrogen) atoms. The zero-order valence-corrected chi connectivity index (χ0v) is 25.2. The minimum absolute atomic E-state index is 0.0950. The number of hydrogen-bond donors (Lipinski definition) is 2. The van der Waals surface area contributed by atoms with E-state index in [9.17, 15) is 19.2 Å². The summed E-state index contributed by atoms with van der Waals surface area (Å²) in [4.78, 5) is 55.8. The lowest BCUT2D eigenvalue weighted by Gasteiger charge is -2.35. The quantitative estimate of drug-likeness (QED) is 0.284. The van der Waals surface area contributed by atoms with E-state index in [0.29, 0.717) is 17.9 Å². The Morgan fingerprint density at radius 1 is 1.00 bits per heavy atom. The molecule has 1 saturated heterocycles. The highest BCUT2D eigenvalue weighted by molar-refractivity contribution is 6.23. The molecular weight excluding hydrogens is 572 g/mol. The van der Waals surface area contributed by atoms with Crippen LogP contribution in [0.25, 0.3) is 22.2 Å². The smallest absolute Gasteiger partial charge is 0.262 e. The number of rotatable bonds is 8. The number of aromatic nitrogens is 5. The van der Waals surface area contributed by atoms with Crippen molar-refractivity contribution in [1.82, 2.24) is 34.8 Å². The molecule has 3 aromatic heterocycles. The van der Waals surface area contributed by atoms with Crippen molar-refractivity contribution >= 4 is 40.2 Å². The van der Waals surface area contributed by atoms with Crippen LogP contribution in [0.5, 0.6) is 0 Å². The number of carbonyl (C=O) groups is 4. The molecule has 3 fully saturated rings. The lowest BCUT2D eigenvalue weighted by Crippen LogP contribution is -2.54. The molecule has 2 N–H and O–H groups in total. The number of imide groups is 2. The van der Waals surface area contributed by atoms with Crippen molar-refractivity contribution < 1.29 is 19.2 Å². The van der Waals surface area contributed by atoms with E-state index in [2.05, 4.69) is 40.5 Å². The van der Waals surface area contributed by atoms with E-state index in [1.165, 1.54) is 0 Å². The first kappa shape index (κ1) is 27.7. The van der Waals surface area contributed by atoms with Crippen LogP contribution < -0.4 is 10.6 Å². The average Bonchev–Trinajstić information content (AvgIpc) is 3.51. The number of carbonyl (C=O) groups excluding carboxylic acids is 4. The lowest BCUT2D eigenvalue weighted by atomic mass is 9.80. The van der Waals surface area contributed by atoms with Crippen LogP contribution in [0.4, 0.5) is 5.69 Å². The van der Waals surface area contributed by atoms with Crippen molar-refractivity contribution in [1.29, 1.82) is 0 Å². The molecule has 8 rings (SSSR count). The maximum absolute atomic E-state index is 13.2. The fourth-order valence-electron chi connectivity index (χ4n) is 6.96. The standard InChI is InChI=1S/C33H34N8O4/c1-17(2)41-26-9-10-34-30(24(26)15-36-41)25-16-39(38-29(25)19-3-4-19)21-11-18(12-21)14-35-20-5-6-22-23(13-20)33(45)40(32(22)44)27-7-8-28(42)37-31(27)43/h5-6,9-10,13,15-19,21,27,35H,3-4,7-8,11-12,14H2,1-2H3,(H,37,42,43). The summed E-state index contributed by atoms with van der Waals surface area (Å²) in [6.07, 6.45) is 10.5. The van der Waals surface area contributed by atoms with Gasteiger partial charge >= 0.3 is 0 Å². The molecule has 1 unspecified atom stereocenters. The van der Waals surface area contributed by atoms with Gasteiger partial charge in [0.1, 0.15) is 6.04 Å². The predicted octanol–water partition coefficient (Wildman–Crippen LogP) is 4.22. The van der Waals surface area contributed by atoms with Gasteiger partial charge in [0.25, 0.3) is 11.8 Å². The van der Waals surface area contributed by atoms with Gasteiger partial charge in [0.15, 0.2) is 0 Å². The summed E-state index contributed by atoms with van der Waals surface area (Å²) in [7, 11) is 0. The van der Waals surface area contributed by atoms with E-state index >= 15 is 0 Å². The highest BCUT2D eigenvalue weighted by atomic mass is 16.2. The molecule has 4 aromatic rings. The normalized spacial score (nSPS) is 23.1.